The van der Waals surface area contributed by atoms with Crippen LogP contribution in [0.4, 0.5) is 0 Å². The van der Waals surface area contributed by atoms with Gasteiger partial charge in [-0.3, -0.25) is 9.78 Å². The van der Waals surface area contributed by atoms with Crippen molar-refractivity contribution in [3.8, 4) is 0 Å². The van der Waals surface area contributed by atoms with Crippen molar-refractivity contribution in [2.24, 2.45) is 5.41 Å². The fourth-order valence-electron chi connectivity index (χ4n) is 3.76. The summed E-state index contributed by atoms with van der Waals surface area (Å²) in [6, 6.07) is 5.53. The summed E-state index contributed by atoms with van der Waals surface area (Å²) >= 11 is 0. The van der Waals surface area contributed by atoms with Crippen LogP contribution in [0.2, 0.25) is 0 Å². The second-order valence-electron chi connectivity index (χ2n) is 7.57. The molecule has 0 amide bonds. The predicted molar refractivity (Wildman–Crippen MR) is 99.0 cm³/mol. The maximum absolute atomic E-state index is 13.0. The van der Waals surface area contributed by atoms with Gasteiger partial charge in [0.2, 0.25) is 0 Å². The van der Waals surface area contributed by atoms with Crippen LogP contribution in [0, 0.1) is 5.41 Å². The highest BCUT2D eigenvalue weighted by atomic mass is 16.5. The Kier molecular flexibility index (Phi) is 4.81. The van der Waals surface area contributed by atoms with E-state index >= 15 is 0 Å². The molecule has 0 aromatic carbocycles. The number of Topliss-reactive ketones (excluding diaryl/α,β-unsaturated/α-hetero) is 1. The molecular weight excluding hydrogens is 328 g/mol. The summed E-state index contributed by atoms with van der Waals surface area (Å²) < 4.78 is 5.29. The highest BCUT2D eigenvalue weighted by Gasteiger charge is 2.43. The van der Waals surface area contributed by atoms with Crippen LogP contribution in [0.15, 0.2) is 59.6 Å². The summed E-state index contributed by atoms with van der Waals surface area (Å²) in [6.45, 7) is 9.71. The normalized spacial score (nSPS) is 21.8. The lowest BCUT2D eigenvalue weighted by Gasteiger charge is -2.39. The third-order valence-corrected chi connectivity index (χ3v) is 4.78. The smallest absolute Gasteiger partial charge is 0.337 e. The van der Waals surface area contributed by atoms with E-state index in [1.54, 1.807) is 6.20 Å². The number of ether oxygens (including phenoxy) is 1. The molecule has 5 nitrogen and oxygen atoms in total. The molecule has 0 saturated heterocycles. The number of esters is 1. The number of carbonyl (C=O) groups is 2. The molecule has 5 heteroatoms. The van der Waals surface area contributed by atoms with Crippen molar-refractivity contribution >= 4 is 11.8 Å². The Morgan fingerprint density at radius 3 is 2.85 bits per heavy atom. The van der Waals surface area contributed by atoms with Crippen molar-refractivity contribution < 1.29 is 14.3 Å². The topological polar surface area (TPSA) is 68.3 Å². The van der Waals surface area contributed by atoms with Gasteiger partial charge in [0.25, 0.3) is 0 Å². The molecule has 136 valence electrons. The Morgan fingerprint density at radius 2 is 2.19 bits per heavy atom. The maximum Gasteiger partial charge on any atom is 0.337 e. The van der Waals surface area contributed by atoms with E-state index in [-0.39, 0.29) is 17.8 Å². The van der Waals surface area contributed by atoms with Crippen molar-refractivity contribution in [3.05, 3.63) is 65.3 Å². The lowest BCUT2D eigenvalue weighted by atomic mass is 9.69. The summed E-state index contributed by atoms with van der Waals surface area (Å²) in [6.07, 6.45) is 4.41. The van der Waals surface area contributed by atoms with Gasteiger partial charge in [-0.1, -0.05) is 32.6 Å². The molecule has 0 unspecified atom stereocenters. The van der Waals surface area contributed by atoms with Crippen molar-refractivity contribution in [1.82, 2.24) is 10.3 Å². The number of aromatic nitrogens is 1. The molecule has 0 radical (unpaired) electrons. The SMILES string of the molecule is C=CCOC(=O)C1=C(C)NC2=C(C(=O)CC(C)(C)C2)[C@H]1c1ccccn1. The molecule has 2 heterocycles. The maximum atomic E-state index is 13.0. The first kappa shape index (κ1) is 18.1. The molecule has 0 fully saturated rings. The summed E-state index contributed by atoms with van der Waals surface area (Å²) in [7, 11) is 0. The molecule has 0 spiro atoms. The Morgan fingerprint density at radius 1 is 1.42 bits per heavy atom. The van der Waals surface area contributed by atoms with Crippen LogP contribution in [0.5, 0.6) is 0 Å². The van der Waals surface area contributed by atoms with Crippen LogP contribution in [0.25, 0.3) is 0 Å². The van der Waals surface area contributed by atoms with Crippen LogP contribution in [-0.4, -0.2) is 23.3 Å². The number of pyridine rings is 1. The van der Waals surface area contributed by atoms with Crippen LogP contribution >= 0.6 is 0 Å². The van der Waals surface area contributed by atoms with Gasteiger partial charge in [-0.2, -0.15) is 0 Å². The average molecular weight is 352 g/mol. The lowest BCUT2D eigenvalue weighted by Crippen LogP contribution is -2.38. The largest absolute Gasteiger partial charge is 0.458 e. The van der Waals surface area contributed by atoms with E-state index in [1.165, 1.54) is 6.08 Å². The fraction of sp³-hybridized carbons (Fsp3) is 0.381. The number of allylic oxidation sites excluding steroid dienone is 3. The van der Waals surface area contributed by atoms with Crippen molar-refractivity contribution in [2.75, 3.05) is 6.61 Å². The van der Waals surface area contributed by atoms with Gasteiger partial charge < -0.3 is 10.1 Å². The summed E-state index contributed by atoms with van der Waals surface area (Å²) in [4.78, 5) is 30.2. The minimum atomic E-state index is -0.506. The molecular formula is C21H24N2O3. The third-order valence-electron chi connectivity index (χ3n) is 4.78. The predicted octanol–water partition coefficient (Wildman–Crippen LogP) is 3.41. The summed E-state index contributed by atoms with van der Waals surface area (Å²) in [5.74, 6) is -0.899. The quantitative estimate of drug-likeness (QED) is 0.664. The van der Waals surface area contributed by atoms with E-state index in [4.69, 9.17) is 4.74 Å². The molecule has 26 heavy (non-hydrogen) atoms. The first-order valence-electron chi connectivity index (χ1n) is 8.77. The zero-order chi connectivity index (χ0) is 18.9. The van der Waals surface area contributed by atoms with E-state index in [0.29, 0.717) is 29.0 Å². The Balaban J connectivity index is 2.13. The number of hydrogen-bond donors (Lipinski definition) is 1. The lowest BCUT2D eigenvalue weighted by molar-refractivity contribution is -0.138. The number of ketones is 1. The monoisotopic (exact) mass is 352 g/mol. The number of carbonyl (C=O) groups excluding carboxylic acids is 2. The Bertz CT molecular complexity index is 819. The number of dihydropyridines is 1. The molecule has 3 rings (SSSR count). The van der Waals surface area contributed by atoms with E-state index in [2.05, 4.69) is 30.7 Å². The molecule has 0 saturated carbocycles. The first-order chi connectivity index (χ1) is 12.3. The second kappa shape index (κ2) is 6.90. The number of rotatable bonds is 4. The van der Waals surface area contributed by atoms with Gasteiger partial charge in [0, 0.05) is 29.6 Å². The van der Waals surface area contributed by atoms with Gasteiger partial charge in [-0.15, -0.1) is 0 Å². The Hall–Kier alpha value is -2.69. The molecule has 2 aliphatic rings. The van der Waals surface area contributed by atoms with Crippen molar-refractivity contribution in [2.45, 2.75) is 39.5 Å². The summed E-state index contributed by atoms with van der Waals surface area (Å²) in [5, 5.41) is 3.30. The average Bonchev–Trinajstić information content (AvgIpc) is 2.58. The van der Waals surface area contributed by atoms with E-state index in [1.807, 2.05) is 25.1 Å². The van der Waals surface area contributed by atoms with Gasteiger partial charge >= 0.3 is 5.97 Å². The Labute approximate surface area is 153 Å². The molecule has 1 aliphatic heterocycles. The third kappa shape index (κ3) is 3.34. The van der Waals surface area contributed by atoms with Gasteiger partial charge in [-0.25, -0.2) is 4.79 Å². The minimum absolute atomic E-state index is 0.0564. The van der Waals surface area contributed by atoms with Crippen LogP contribution in [-0.2, 0) is 14.3 Å². The van der Waals surface area contributed by atoms with Gasteiger partial charge in [0.05, 0.1) is 17.2 Å². The van der Waals surface area contributed by atoms with Gasteiger partial charge in [0.1, 0.15) is 6.61 Å². The van der Waals surface area contributed by atoms with E-state index in [9.17, 15) is 9.59 Å². The molecule has 1 aliphatic carbocycles. The van der Waals surface area contributed by atoms with Crippen LogP contribution in [0.3, 0.4) is 0 Å². The zero-order valence-electron chi connectivity index (χ0n) is 15.5. The van der Waals surface area contributed by atoms with Crippen molar-refractivity contribution in [1.29, 1.82) is 0 Å². The minimum Gasteiger partial charge on any atom is -0.458 e. The fourth-order valence-corrected chi connectivity index (χ4v) is 3.76. The number of nitrogens with one attached hydrogen (secondary N) is 1. The van der Waals surface area contributed by atoms with E-state index < -0.39 is 11.9 Å². The molecule has 1 atom stereocenters. The number of hydrogen-bond acceptors (Lipinski definition) is 5. The van der Waals surface area contributed by atoms with Gasteiger partial charge in [0.15, 0.2) is 5.78 Å². The van der Waals surface area contributed by atoms with E-state index in [0.717, 1.165) is 12.1 Å². The highest BCUT2D eigenvalue weighted by Crippen LogP contribution is 2.46. The van der Waals surface area contributed by atoms with Gasteiger partial charge in [-0.05, 0) is 30.9 Å². The number of nitrogens with zero attached hydrogens (tertiary/aromatic N) is 1. The zero-order valence-corrected chi connectivity index (χ0v) is 15.5. The van der Waals surface area contributed by atoms with Crippen molar-refractivity contribution in [3.63, 3.8) is 0 Å². The van der Waals surface area contributed by atoms with Crippen LogP contribution in [0.1, 0.15) is 45.2 Å². The second-order valence-corrected chi connectivity index (χ2v) is 7.57. The first-order valence-corrected chi connectivity index (χ1v) is 8.77. The summed E-state index contributed by atoms with van der Waals surface area (Å²) in [5.41, 5.74) is 3.24. The molecule has 0 bridgehead atoms. The molecule has 1 aromatic heterocycles. The molecule has 1 aromatic rings. The highest BCUT2D eigenvalue weighted by molar-refractivity contribution is 6.04. The molecule has 1 N–H and O–H groups in total. The van der Waals surface area contributed by atoms with Crippen LogP contribution < -0.4 is 5.32 Å². The standard InChI is InChI=1S/C21H24N2O3/c1-5-10-26-20(25)17-13(2)23-15-11-21(3,4)12-16(24)18(15)19(17)14-8-6-7-9-22-14/h5-9,19,23H,1,10-12H2,2-4H3/t19-/m0/s1.